The molecule has 0 bridgehead atoms. The van der Waals surface area contributed by atoms with Crippen molar-refractivity contribution in [2.75, 3.05) is 6.54 Å². The van der Waals surface area contributed by atoms with Crippen LogP contribution in [-0.4, -0.2) is 34.5 Å². The van der Waals surface area contributed by atoms with E-state index in [1.54, 1.807) is 41.3 Å². The number of amides is 1. The van der Waals surface area contributed by atoms with Crippen LogP contribution in [0.2, 0.25) is 10.0 Å². The molecule has 146 valence electrons. The van der Waals surface area contributed by atoms with Crippen LogP contribution < -0.4 is 0 Å². The first-order valence-corrected chi connectivity index (χ1v) is 9.46. The average Bonchev–Trinajstić information content (AvgIpc) is 2.65. The van der Waals surface area contributed by atoms with E-state index in [0.29, 0.717) is 10.0 Å². The van der Waals surface area contributed by atoms with Gasteiger partial charge in [0.25, 0.3) is 5.91 Å². The van der Waals surface area contributed by atoms with Crippen molar-refractivity contribution >= 4 is 35.1 Å². The number of hydrogen-bond acceptors (Lipinski definition) is 3. The van der Waals surface area contributed by atoms with Gasteiger partial charge in [-0.15, -0.1) is 6.58 Å². The molecule has 0 radical (unpaired) electrons. The van der Waals surface area contributed by atoms with Gasteiger partial charge in [-0.1, -0.05) is 53.5 Å². The summed E-state index contributed by atoms with van der Waals surface area (Å²) >= 11 is 12.2. The van der Waals surface area contributed by atoms with Gasteiger partial charge in [0.2, 0.25) is 0 Å². The highest BCUT2D eigenvalue weighted by Gasteiger charge is 2.44. The van der Waals surface area contributed by atoms with E-state index < -0.39 is 30.6 Å². The Bertz CT molecular complexity index is 884. The topological polar surface area (TPSA) is 66.8 Å². The summed E-state index contributed by atoms with van der Waals surface area (Å²) in [5, 5.41) is 10.3. The first-order chi connectivity index (χ1) is 13.4. The van der Waals surface area contributed by atoms with E-state index in [1.165, 1.54) is 0 Å². The van der Waals surface area contributed by atoms with Gasteiger partial charge in [-0.25, -0.2) is 0 Å². The summed E-state index contributed by atoms with van der Waals surface area (Å²) in [6.07, 6.45) is -0.498. The van der Waals surface area contributed by atoms with E-state index in [9.17, 15) is 14.7 Å². The third-order valence-corrected chi connectivity index (χ3v) is 5.05. The van der Waals surface area contributed by atoms with Gasteiger partial charge < -0.3 is 14.7 Å². The molecule has 1 fully saturated rings. The molecule has 2 aromatic carbocycles. The number of carbonyl (C=O) groups is 2. The molecular weight excluding hydrogens is 401 g/mol. The predicted molar refractivity (Wildman–Crippen MR) is 107 cm³/mol. The second-order valence-corrected chi connectivity index (χ2v) is 7.35. The minimum absolute atomic E-state index is 0.253. The highest BCUT2D eigenvalue weighted by atomic mass is 35.5. The van der Waals surface area contributed by atoms with Crippen molar-refractivity contribution in [3.8, 4) is 0 Å². The zero-order valence-electron chi connectivity index (χ0n) is 14.9. The Kier molecular flexibility index (Phi) is 6.39. The normalized spacial score (nSPS) is 22.1. The number of hydrogen-bond donors (Lipinski definition) is 1. The molecule has 1 saturated heterocycles. The first-order valence-electron chi connectivity index (χ1n) is 8.70. The van der Waals surface area contributed by atoms with Gasteiger partial charge in [-0.2, -0.15) is 0 Å². The quantitative estimate of drug-likeness (QED) is 0.691. The van der Waals surface area contributed by atoms with E-state index in [-0.39, 0.29) is 12.5 Å². The number of morpholine rings is 1. The average molecular weight is 420 g/mol. The van der Waals surface area contributed by atoms with Crippen LogP contribution in [0.1, 0.15) is 29.7 Å². The molecule has 0 spiro atoms. The maximum atomic E-state index is 13.0. The van der Waals surface area contributed by atoms with Crippen LogP contribution in [0, 0.1) is 0 Å². The van der Waals surface area contributed by atoms with E-state index in [1.807, 2.05) is 18.2 Å². The molecule has 0 unspecified atom stereocenters. The Hall–Kier alpha value is -2.34. The van der Waals surface area contributed by atoms with Crippen molar-refractivity contribution in [1.29, 1.82) is 0 Å². The zero-order valence-corrected chi connectivity index (χ0v) is 16.4. The monoisotopic (exact) mass is 419 g/mol. The SMILES string of the molecule is C=CCN1C(=O)[C@@H](CC(=O)O)O[C@H](c2cccc(Cl)c2)[C@H]1c1ccc(Cl)cc1. The third-order valence-electron chi connectivity index (χ3n) is 4.57. The number of halogens is 2. The molecule has 1 N–H and O–H groups in total. The maximum absolute atomic E-state index is 13.0. The number of carbonyl (C=O) groups excluding carboxylic acids is 1. The minimum Gasteiger partial charge on any atom is -0.481 e. The molecule has 0 aromatic heterocycles. The fraction of sp³-hybridized carbons (Fsp3) is 0.238. The summed E-state index contributed by atoms with van der Waals surface area (Å²) in [4.78, 5) is 25.8. The molecule has 1 aliphatic heterocycles. The Balaban J connectivity index is 2.10. The summed E-state index contributed by atoms with van der Waals surface area (Å²) in [6.45, 7) is 3.99. The van der Waals surface area contributed by atoms with Gasteiger partial charge in [0.05, 0.1) is 12.5 Å². The molecule has 3 rings (SSSR count). The molecule has 1 aliphatic rings. The van der Waals surface area contributed by atoms with Crippen LogP contribution in [0.4, 0.5) is 0 Å². The molecule has 5 nitrogen and oxygen atoms in total. The molecule has 0 aliphatic carbocycles. The maximum Gasteiger partial charge on any atom is 0.306 e. The lowest BCUT2D eigenvalue weighted by Crippen LogP contribution is -2.51. The summed E-state index contributed by atoms with van der Waals surface area (Å²) in [5.41, 5.74) is 1.57. The van der Waals surface area contributed by atoms with Crippen LogP contribution >= 0.6 is 23.2 Å². The molecule has 28 heavy (non-hydrogen) atoms. The van der Waals surface area contributed by atoms with Gasteiger partial charge in [-0.05, 0) is 35.4 Å². The van der Waals surface area contributed by atoms with Crippen molar-refractivity contribution in [3.63, 3.8) is 0 Å². The van der Waals surface area contributed by atoms with E-state index in [4.69, 9.17) is 27.9 Å². The second-order valence-electron chi connectivity index (χ2n) is 6.47. The van der Waals surface area contributed by atoms with Gasteiger partial charge >= 0.3 is 5.97 Å². The first kappa shape index (κ1) is 20.4. The standard InChI is InChI=1S/C21H19Cl2NO4/c1-2-10-24-19(13-6-8-15(22)9-7-13)20(14-4-3-5-16(23)11-14)28-17(21(24)27)12-18(25)26/h2-9,11,17,19-20H,1,10,12H2,(H,25,26)/t17-,19-,20-/m1/s1. The van der Waals surface area contributed by atoms with E-state index in [0.717, 1.165) is 11.1 Å². The molecule has 2 aromatic rings. The Morgan fingerprint density at radius 1 is 1.14 bits per heavy atom. The van der Waals surface area contributed by atoms with Crippen molar-refractivity contribution in [3.05, 3.63) is 82.4 Å². The molecular formula is C21H19Cl2NO4. The lowest BCUT2D eigenvalue weighted by atomic mass is 9.91. The molecule has 7 heteroatoms. The Labute approximate surface area is 173 Å². The van der Waals surface area contributed by atoms with E-state index in [2.05, 4.69) is 6.58 Å². The smallest absolute Gasteiger partial charge is 0.306 e. The van der Waals surface area contributed by atoms with Gasteiger partial charge in [0.1, 0.15) is 12.2 Å². The zero-order chi connectivity index (χ0) is 20.3. The van der Waals surface area contributed by atoms with Gasteiger partial charge in [-0.3, -0.25) is 9.59 Å². The van der Waals surface area contributed by atoms with Gasteiger partial charge in [0.15, 0.2) is 0 Å². The molecule has 3 atom stereocenters. The largest absolute Gasteiger partial charge is 0.481 e. The number of nitrogens with zero attached hydrogens (tertiary/aromatic N) is 1. The number of benzene rings is 2. The van der Waals surface area contributed by atoms with Crippen LogP contribution in [-0.2, 0) is 14.3 Å². The highest BCUT2D eigenvalue weighted by molar-refractivity contribution is 6.30. The van der Waals surface area contributed by atoms with Gasteiger partial charge in [0, 0.05) is 16.6 Å². The molecule has 0 saturated carbocycles. The van der Waals surface area contributed by atoms with E-state index >= 15 is 0 Å². The molecule has 1 heterocycles. The van der Waals surface area contributed by atoms with Crippen molar-refractivity contribution in [2.45, 2.75) is 24.7 Å². The number of rotatable bonds is 6. The number of ether oxygens (including phenoxy) is 1. The van der Waals surface area contributed by atoms with Crippen LogP contribution in [0.5, 0.6) is 0 Å². The fourth-order valence-corrected chi connectivity index (χ4v) is 3.72. The Morgan fingerprint density at radius 3 is 2.46 bits per heavy atom. The Morgan fingerprint density at radius 2 is 1.86 bits per heavy atom. The number of carboxylic acids is 1. The van der Waals surface area contributed by atoms with Crippen LogP contribution in [0.15, 0.2) is 61.2 Å². The second kappa shape index (κ2) is 8.78. The van der Waals surface area contributed by atoms with Crippen molar-refractivity contribution < 1.29 is 19.4 Å². The summed E-state index contributed by atoms with van der Waals surface area (Å²) in [5.74, 6) is -1.49. The van der Waals surface area contributed by atoms with Crippen LogP contribution in [0.25, 0.3) is 0 Å². The highest BCUT2D eigenvalue weighted by Crippen LogP contribution is 2.43. The predicted octanol–water partition coefficient (Wildman–Crippen LogP) is 4.66. The summed E-state index contributed by atoms with van der Waals surface area (Å²) in [7, 11) is 0. The summed E-state index contributed by atoms with van der Waals surface area (Å²) < 4.78 is 6.03. The molecule has 1 amide bonds. The third kappa shape index (κ3) is 4.38. The minimum atomic E-state index is -1.10. The lowest BCUT2D eigenvalue weighted by molar-refractivity contribution is -0.177. The van der Waals surface area contributed by atoms with Crippen molar-refractivity contribution in [2.24, 2.45) is 0 Å². The number of carboxylic acid groups (broad SMARTS) is 1. The van der Waals surface area contributed by atoms with Crippen molar-refractivity contribution in [1.82, 2.24) is 4.90 Å². The fourth-order valence-electron chi connectivity index (χ4n) is 3.39. The van der Waals surface area contributed by atoms with Crippen LogP contribution in [0.3, 0.4) is 0 Å². The summed E-state index contributed by atoms with van der Waals surface area (Å²) in [6, 6.07) is 13.8. The lowest BCUT2D eigenvalue weighted by Gasteiger charge is -2.44. The number of aliphatic carboxylic acids is 1.